The van der Waals surface area contributed by atoms with E-state index >= 15 is 0 Å². The molecule has 2 aliphatic heterocycles. The quantitative estimate of drug-likeness (QED) is 0.737. The van der Waals surface area contributed by atoms with E-state index in [0.29, 0.717) is 11.4 Å². The molecule has 2 aliphatic rings. The van der Waals surface area contributed by atoms with E-state index in [1.165, 1.54) is 0 Å². The molecule has 0 amide bonds. The van der Waals surface area contributed by atoms with E-state index in [1.54, 1.807) is 0 Å². The number of carbonyl (C=O) groups is 1. The number of anilines is 1. The molecule has 3 nitrogen and oxygen atoms in total. The number of para-hydroxylation sites is 2. The predicted octanol–water partition coefficient (Wildman–Crippen LogP) is 3.97. The van der Waals surface area contributed by atoms with Crippen LogP contribution < -0.4 is 4.90 Å². The molecule has 0 unspecified atom stereocenters. The fourth-order valence-electron chi connectivity index (χ4n) is 3.16. The molecule has 2 aromatic carbocycles. The number of benzene rings is 2. The first kappa shape index (κ1) is 12.1. The van der Waals surface area contributed by atoms with Crippen LogP contribution in [0, 0.1) is 6.92 Å². The van der Waals surface area contributed by atoms with Crippen molar-refractivity contribution < 1.29 is 4.79 Å². The molecule has 1 atom stereocenters. The van der Waals surface area contributed by atoms with Gasteiger partial charge in [-0.05, 0) is 24.6 Å². The summed E-state index contributed by atoms with van der Waals surface area (Å²) in [5.41, 5.74) is 4.70. The van der Waals surface area contributed by atoms with Gasteiger partial charge in [0.05, 0.1) is 17.4 Å². The van der Waals surface area contributed by atoms with E-state index in [0.717, 1.165) is 22.5 Å². The van der Waals surface area contributed by atoms with Crippen molar-refractivity contribution >= 4 is 23.0 Å². The predicted molar refractivity (Wildman–Crippen MR) is 84.5 cm³/mol. The molecule has 0 aliphatic carbocycles. The van der Waals surface area contributed by atoms with Crippen LogP contribution in [0.3, 0.4) is 0 Å². The third-order valence-corrected chi connectivity index (χ3v) is 4.15. The third kappa shape index (κ3) is 1.49. The molecule has 0 saturated carbocycles. The van der Waals surface area contributed by atoms with Gasteiger partial charge in [-0.3, -0.25) is 4.79 Å². The highest BCUT2D eigenvalue weighted by Crippen LogP contribution is 2.44. The van der Waals surface area contributed by atoms with E-state index in [-0.39, 0.29) is 11.8 Å². The Balaban J connectivity index is 2.03. The summed E-state index contributed by atoms with van der Waals surface area (Å²) in [6.07, 6.45) is 1.88. The second-order valence-corrected chi connectivity index (χ2v) is 5.34. The lowest BCUT2D eigenvalue weighted by Crippen LogP contribution is -2.35. The van der Waals surface area contributed by atoms with Gasteiger partial charge in [0.15, 0.2) is 5.84 Å². The molecule has 0 N–H and O–H groups in total. The Morgan fingerprint density at radius 2 is 2.00 bits per heavy atom. The van der Waals surface area contributed by atoms with Crippen LogP contribution in [0.25, 0.3) is 0 Å². The molecule has 102 valence electrons. The average molecular weight is 274 g/mol. The number of rotatable bonds is 1. The Morgan fingerprint density at radius 3 is 2.81 bits per heavy atom. The zero-order chi connectivity index (χ0) is 14.6. The fourth-order valence-corrected chi connectivity index (χ4v) is 3.16. The first-order valence-electron chi connectivity index (χ1n) is 6.96. The van der Waals surface area contributed by atoms with Crippen LogP contribution in [0.1, 0.15) is 27.5 Å². The van der Waals surface area contributed by atoms with Crippen LogP contribution in [0.2, 0.25) is 0 Å². The van der Waals surface area contributed by atoms with Crippen LogP contribution in [0.4, 0.5) is 11.4 Å². The molecular formula is C18H14N2O. The zero-order valence-corrected chi connectivity index (χ0v) is 11.7. The summed E-state index contributed by atoms with van der Waals surface area (Å²) in [5, 5.41) is 0. The van der Waals surface area contributed by atoms with Gasteiger partial charge < -0.3 is 4.90 Å². The molecule has 0 radical (unpaired) electrons. The summed E-state index contributed by atoms with van der Waals surface area (Å²) in [5.74, 6) is 0.495. The average Bonchev–Trinajstić information content (AvgIpc) is 2.80. The summed E-state index contributed by atoms with van der Waals surface area (Å²) >= 11 is 0. The van der Waals surface area contributed by atoms with E-state index in [9.17, 15) is 4.79 Å². The molecule has 4 rings (SSSR count). The number of hydrogen-bond donors (Lipinski definition) is 0. The lowest BCUT2D eigenvalue weighted by molar-refractivity contribution is 0.106. The van der Waals surface area contributed by atoms with Gasteiger partial charge in [-0.2, -0.15) is 0 Å². The first-order chi connectivity index (χ1) is 10.2. The number of Topliss-reactive ketones (excluding diaryl/α,β-unsaturated/α-hetero) is 1. The monoisotopic (exact) mass is 274 g/mol. The summed E-state index contributed by atoms with van der Waals surface area (Å²) in [7, 11) is 0. The number of aryl methyl sites for hydroxylation is 1. The maximum Gasteiger partial charge on any atom is 0.230 e. The number of aliphatic imine (C=N–C) groups is 1. The van der Waals surface area contributed by atoms with Crippen molar-refractivity contribution in [2.75, 3.05) is 4.90 Å². The van der Waals surface area contributed by atoms with Gasteiger partial charge in [0.25, 0.3) is 0 Å². The molecule has 2 heterocycles. The molecule has 3 heteroatoms. The minimum absolute atomic E-state index is 0.00801. The minimum Gasteiger partial charge on any atom is -0.311 e. The van der Waals surface area contributed by atoms with Crippen molar-refractivity contribution in [1.82, 2.24) is 0 Å². The highest BCUT2D eigenvalue weighted by atomic mass is 16.1. The van der Waals surface area contributed by atoms with Crippen LogP contribution >= 0.6 is 0 Å². The summed E-state index contributed by atoms with van der Waals surface area (Å²) in [6, 6.07) is 13.7. The smallest absolute Gasteiger partial charge is 0.230 e. The zero-order valence-electron chi connectivity index (χ0n) is 11.7. The van der Waals surface area contributed by atoms with Crippen molar-refractivity contribution in [3.05, 3.63) is 71.8 Å². The Bertz CT molecular complexity index is 820. The van der Waals surface area contributed by atoms with E-state index in [1.807, 2.05) is 54.3 Å². The van der Waals surface area contributed by atoms with Crippen molar-refractivity contribution in [2.45, 2.75) is 13.0 Å². The summed E-state index contributed by atoms with van der Waals surface area (Å²) in [6.45, 7) is 5.98. The van der Waals surface area contributed by atoms with E-state index < -0.39 is 0 Å². The summed E-state index contributed by atoms with van der Waals surface area (Å²) in [4.78, 5) is 19.2. The fraction of sp³-hybridized carbons (Fsp3) is 0.111. The Morgan fingerprint density at radius 1 is 1.19 bits per heavy atom. The largest absolute Gasteiger partial charge is 0.311 e. The second kappa shape index (κ2) is 4.16. The maximum absolute atomic E-state index is 12.6. The summed E-state index contributed by atoms with van der Waals surface area (Å²) < 4.78 is 0. The van der Waals surface area contributed by atoms with Gasteiger partial charge in [-0.15, -0.1) is 6.58 Å². The van der Waals surface area contributed by atoms with Gasteiger partial charge in [0.1, 0.15) is 0 Å². The number of ketones is 1. The Labute approximate surface area is 123 Å². The molecular weight excluding hydrogens is 260 g/mol. The first-order valence-corrected chi connectivity index (χ1v) is 6.96. The molecule has 21 heavy (non-hydrogen) atoms. The number of nitrogens with zero attached hydrogens (tertiary/aromatic N) is 2. The second-order valence-electron chi connectivity index (χ2n) is 5.34. The van der Waals surface area contributed by atoms with E-state index in [4.69, 9.17) is 0 Å². The highest BCUT2D eigenvalue weighted by molar-refractivity contribution is 6.55. The van der Waals surface area contributed by atoms with Crippen molar-refractivity contribution in [1.29, 1.82) is 0 Å². The maximum atomic E-state index is 12.6. The van der Waals surface area contributed by atoms with Gasteiger partial charge in [-0.25, -0.2) is 4.99 Å². The van der Waals surface area contributed by atoms with Crippen LogP contribution in [-0.2, 0) is 0 Å². The normalized spacial score (nSPS) is 18.7. The SMILES string of the molecule is C=C[C@H]1c2cccc(C)c2N=C2C(=O)c3ccccc3N21. The number of fused-ring (bicyclic) bond motifs is 4. The standard InChI is InChI=1S/C18H14N2O/c1-3-14-12-9-6-7-11(2)16(12)19-18-17(21)13-8-4-5-10-15(13)20(14)18/h3-10,14H,1H2,2H3/t14-/m0/s1. The lowest BCUT2D eigenvalue weighted by atomic mass is 9.98. The highest BCUT2D eigenvalue weighted by Gasteiger charge is 2.40. The van der Waals surface area contributed by atoms with Crippen molar-refractivity contribution in [3.8, 4) is 0 Å². The lowest BCUT2D eigenvalue weighted by Gasteiger charge is -2.32. The minimum atomic E-state index is -0.0556. The van der Waals surface area contributed by atoms with Crippen LogP contribution in [0.5, 0.6) is 0 Å². The van der Waals surface area contributed by atoms with Gasteiger partial charge in [-0.1, -0.05) is 36.4 Å². The number of carbonyl (C=O) groups excluding carboxylic acids is 1. The van der Waals surface area contributed by atoms with E-state index in [2.05, 4.69) is 17.6 Å². The molecule has 2 aromatic rings. The van der Waals surface area contributed by atoms with Gasteiger partial charge >= 0.3 is 0 Å². The molecule has 0 aromatic heterocycles. The Hall–Kier alpha value is -2.68. The van der Waals surface area contributed by atoms with Crippen LogP contribution in [0.15, 0.2) is 60.1 Å². The molecule has 0 spiro atoms. The van der Waals surface area contributed by atoms with Gasteiger partial charge in [0, 0.05) is 11.1 Å². The molecule has 0 fully saturated rings. The van der Waals surface area contributed by atoms with Crippen LogP contribution in [-0.4, -0.2) is 11.6 Å². The number of hydrogen-bond acceptors (Lipinski definition) is 3. The van der Waals surface area contributed by atoms with Gasteiger partial charge in [0.2, 0.25) is 5.78 Å². The Kier molecular flexibility index (Phi) is 2.39. The topological polar surface area (TPSA) is 32.7 Å². The number of amidine groups is 1. The third-order valence-electron chi connectivity index (χ3n) is 4.15. The molecule has 0 bridgehead atoms. The molecule has 0 saturated heterocycles. The van der Waals surface area contributed by atoms with Crippen molar-refractivity contribution in [3.63, 3.8) is 0 Å². The van der Waals surface area contributed by atoms with Crippen molar-refractivity contribution in [2.24, 2.45) is 4.99 Å².